The van der Waals surface area contributed by atoms with Crippen LogP contribution >= 0.6 is 23.2 Å². The van der Waals surface area contributed by atoms with Gasteiger partial charge in [-0.15, -0.1) is 13.2 Å². The summed E-state index contributed by atoms with van der Waals surface area (Å²) >= 11 is 11.4. The standard InChI is InChI=1S/C14H7Cl2F3O2/c15-12-5-4-9(13(16)20)7-11(12)8-2-1-3-10(6-8)21-14(17,18)19/h1-7H. The van der Waals surface area contributed by atoms with Crippen molar-refractivity contribution in [2.45, 2.75) is 6.36 Å². The van der Waals surface area contributed by atoms with Crippen molar-refractivity contribution >= 4 is 28.4 Å². The van der Waals surface area contributed by atoms with E-state index in [2.05, 4.69) is 4.74 Å². The van der Waals surface area contributed by atoms with Gasteiger partial charge < -0.3 is 4.74 Å². The van der Waals surface area contributed by atoms with Gasteiger partial charge in [0.15, 0.2) is 0 Å². The van der Waals surface area contributed by atoms with Gasteiger partial charge in [-0.3, -0.25) is 4.79 Å². The fourth-order valence-corrected chi connectivity index (χ4v) is 2.07. The third kappa shape index (κ3) is 4.12. The summed E-state index contributed by atoms with van der Waals surface area (Å²) in [6.07, 6.45) is -4.78. The molecule has 0 atom stereocenters. The molecule has 0 unspecified atom stereocenters. The molecule has 0 saturated carbocycles. The van der Waals surface area contributed by atoms with Crippen molar-refractivity contribution in [3.05, 3.63) is 53.1 Å². The number of ether oxygens (including phenoxy) is 1. The Hall–Kier alpha value is -1.72. The number of hydrogen-bond donors (Lipinski definition) is 0. The van der Waals surface area contributed by atoms with Crippen LogP contribution in [-0.2, 0) is 0 Å². The molecule has 0 aliphatic heterocycles. The fourth-order valence-electron chi connectivity index (χ4n) is 1.73. The van der Waals surface area contributed by atoms with Crippen LogP contribution in [0.15, 0.2) is 42.5 Å². The van der Waals surface area contributed by atoms with E-state index >= 15 is 0 Å². The van der Waals surface area contributed by atoms with Gasteiger partial charge in [-0.1, -0.05) is 23.7 Å². The Balaban J connectivity index is 2.45. The Morgan fingerprint density at radius 3 is 2.43 bits per heavy atom. The number of carbonyl (C=O) groups is 1. The van der Waals surface area contributed by atoms with E-state index in [0.29, 0.717) is 11.1 Å². The summed E-state index contributed by atoms with van der Waals surface area (Å²) in [5.41, 5.74) is 0.954. The minimum Gasteiger partial charge on any atom is -0.406 e. The van der Waals surface area contributed by atoms with E-state index in [1.54, 1.807) is 6.07 Å². The smallest absolute Gasteiger partial charge is 0.406 e. The SMILES string of the molecule is O=C(Cl)c1ccc(Cl)c(-c2cccc(OC(F)(F)F)c2)c1. The van der Waals surface area contributed by atoms with Gasteiger partial charge in [-0.2, -0.15) is 0 Å². The topological polar surface area (TPSA) is 26.3 Å². The zero-order valence-electron chi connectivity index (χ0n) is 10.2. The maximum atomic E-state index is 12.2. The lowest BCUT2D eigenvalue weighted by molar-refractivity contribution is -0.274. The Kier molecular flexibility index (Phi) is 4.44. The van der Waals surface area contributed by atoms with Crippen LogP contribution in [0.3, 0.4) is 0 Å². The normalized spacial score (nSPS) is 11.3. The van der Waals surface area contributed by atoms with Gasteiger partial charge in [0.2, 0.25) is 0 Å². The van der Waals surface area contributed by atoms with Crippen LogP contribution < -0.4 is 4.74 Å². The molecule has 0 radical (unpaired) electrons. The van der Waals surface area contributed by atoms with Crippen LogP contribution in [0.1, 0.15) is 10.4 Å². The lowest BCUT2D eigenvalue weighted by Gasteiger charge is -2.11. The average Bonchev–Trinajstić information content (AvgIpc) is 2.37. The van der Waals surface area contributed by atoms with Crippen molar-refractivity contribution in [3.63, 3.8) is 0 Å². The maximum absolute atomic E-state index is 12.2. The number of carbonyl (C=O) groups excluding carboxylic acids is 1. The molecular weight excluding hydrogens is 328 g/mol. The molecule has 2 aromatic rings. The van der Waals surface area contributed by atoms with Gasteiger partial charge in [-0.05, 0) is 47.5 Å². The van der Waals surface area contributed by atoms with Crippen molar-refractivity contribution in [1.82, 2.24) is 0 Å². The lowest BCUT2D eigenvalue weighted by atomic mass is 10.0. The van der Waals surface area contributed by atoms with Crippen LogP contribution in [0.4, 0.5) is 13.2 Å². The Labute approximate surface area is 128 Å². The molecule has 2 nitrogen and oxygen atoms in total. The summed E-state index contributed by atoms with van der Waals surface area (Å²) in [4.78, 5) is 11.1. The maximum Gasteiger partial charge on any atom is 0.573 e. The largest absolute Gasteiger partial charge is 0.573 e. The molecule has 7 heteroatoms. The zero-order valence-corrected chi connectivity index (χ0v) is 11.8. The number of alkyl halides is 3. The van der Waals surface area contributed by atoms with E-state index in [1.165, 1.54) is 36.4 Å². The summed E-state index contributed by atoms with van der Waals surface area (Å²) in [6.45, 7) is 0. The van der Waals surface area contributed by atoms with Crippen LogP contribution in [0.25, 0.3) is 11.1 Å². The van der Waals surface area contributed by atoms with E-state index in [1.807, 2.05) is 0 Å². The van der Waals surface area contributed by atoms with Gasteiger partial charge in [0.1, 0.15) is 5.75 Å². The molecule has 2 aromatic carbocycles. The van der Waals surface area contributed by atoms with Crippen LogP contribution in [0, 0.1) is 0 Å². The molecule has 0 N–H and O–H groups in total. The third-order valence-corrected chi connectivity index (χ3v) is 3.12. The van der Waals surface area contributed by atoms with Crippen molar-refractivity contribution in [2.75, 3.05) is 0 Å². The van der Waals surface area contributed by atoms with Crippen LogP contribution in [0.2, 0.25) is 5.02 Å². The molecule has 21 heavy (non-hydrogen) atoms. The first-order valence-corrected chi connectivity index (χ1v) is 6.37. The molecule has 0 aliphatic carbocycles. The summed E-state index contributed by atoms with van der Waals surface area (Å²) in [6, 6.07) is 9.57. The van der Waals surface area contributed by atoms with Gasteiger partial charge in [0, 0.05) is 16.1 Å². The summed E-state index contributed by atoms with van der Waals surface area (Å²) in [7, 11) is 0. The van der Waals surface area contributed by atoms with Crippen molar-refractivity contribution < 1.29 is 22.7 Å². The monoisotopic (exact) mass is 334 g/mol. The van der Waals surface area contributed by atoms with Crippen LogP contribution in [0.5, 0.6) is 5.75 Å². The van der Waals surface area contributed by atoms with Crippen LogP contribution in [-0.4, -0.2) is 11.6 Å². The Morgan fingerprint density at radius 1 is 1.10 bits per heavy atom. The molecule has 0 bridgehead atoms. The Morgan fingerprint density at radius 2 is 1.81 bits per heavy atom. The number of benzene rings is 2. The molecule has 110 valence electrons. The molecule has 0 amide bonds. The first kappa shape index (κ1) is 15.7. The molecule has 0 saturated heterocycles. The molecular formula is C14H7Cl2F3O2. The van der Waals surface area contributed by atoms with Crippen molar-refractivity contribution in [1.29, 1.82) is 0 Å². The molecule has 0 spiro atoms. The predicted octanol–water partition coefficient (Wildman–Crippen LogP) is 5.28. The molecule has 0 aromatic heterocycles. The van der Waals surface area contributed by atoms with E-state index in [0.717, 1.165) is 0 Å². The Bertz CT molecular complexity index is 684. The minimum absolute atomic E-state index is 0.193. The van der Waals surface area contributed by atoms with Gasteiger partial charge >= 0.3 is 6.36 Å². The zero-order chi connectivity index (χ0) is 15.6. The highest BCUT2D eigenvalue weighted by molar-refractivity contribution is 6.67. The predicted molar refractivity (Wildman–Crippen MR) is 73.8 cm³/mol. The van der Waals surface area contributed by atoms with Gasteiger partial charge in [0.25, 0.3) is 5.24 Å². The summed E-state index contributed by atoms with van der Waals surface area (Å²) in [5.74, 6) is -0.376. The lowest BCUT2D eigenvalue weighted by Crippen LogP contribution is -2.17. The third-order valence-electron chi connectivity index (χ3n) is 2.57. The second-order valence-electron chi connectivity index (χ2n) is 4.04. The highest BCUT2D eigenvalue weighted by atomic mass is 35.5. The second kappa shape index (κ2) is 5.95. The van der Waals surface area contributed by atoms with E-state index in [9.17, 15) is 18.0 Å². The van der Waals surface area contributed by atoms with Gasteiger partial charge in [0.05, 0.1) is 0 Å². The fraction of sp³-hybridized carbons (Fsp3) is 0.0714. The van der Waals surface area contributed by atoms with E-state index < -0.39 is 11.6 Å². The first-order chi connectivity index (χ1) is 9.76. The first-order valence-electron chi connectivity index (χ1n) is 5.62. The summed E-state index contributed by atoms with van der Waals surface area (Å²) < 4.78 is 40.5. The minimum atomic E-state index is -4.78. The molecule has 0 heterocycles. The highest BCUT2D eigenvalue weighted by Gasteiger charge is 2.31. The molecule has 2 rings (SSSR count). The van der Waals surface area contributed by atoms with Crippen molar-refractivity contribution in [3.8, 4) is 16.9 Å². The number of halogens is 5. The van der Waals surface area contributed by atoms with Crippen molar-refractivity contribution in [2.24, 2.45) is 0 Å². The van der Waals surface area contributed by atoms with E-state index in [4.69, 9.17) is 23.2 Å². The second-order valence-corrected chi connectivity index (χ2v) is 4.79. The quantitative estimate of drug-likeness (QED) is 0.713. The molecule has 0 fully saturated rings. The highest BCUT2D eigenvalue weighted by Crippen LogP contribution is 2.33. The number of rotatable bonds is 3. The molecule has 0 aliphatic rings. The summed E-state index contributed by atoms with van der Waals surface area (Å²) in [5, 5.41) is -0.406. The average molecular weight is 335 g/mol. The number of hydrogen-bond acceptors (Lipinski definition) is 2. The van der Waals surface area contributed by atoms with Gasteiger partial charge in [-0.25, -0.2) is 0 Å². The van der Waals surface area contributed by atoms with E-state index in [-0.39, 0.29) is 16.3 Å².